The molecule has 0 radical (unpaired) electrons. The van der Waals surface area contributed by atoms with Gasteiger partial charge in [0, 0.05) is 25.7 Å². The van der Waals surface area contributed by atoms with Crippen LogP contribution in [0.5, 0.6) is 0 Å². The Kier molecular flexibility index (Phi) is 4.60. The van der Waals surface area contributed by atoms with E-state index in [1.807, 2.05) is 0 Å². The zero-order chi connectivity index (χ0) is 13.0. The Morgan fingerprint density at radius 2 is 2.39 bits per heavy atom. The van der Waals surface area contributed by atoms with E-state index >= 15 is 0 Å². The average molecular weight is 251 g/mol. The number of hydrogen-bond donors (Lipinski definition) is 1. The molecule has 0 amide bonds. The highest BCUT2D eigenvalue weighted by Crippen LogP contribution is 2.33. The van der Waals surface area contributed by atoms with Crippen LogP contribution in [-0.4, -0.2) is 48.8 Å². The standard InChI is InChI=1S/C14H25N3O/c1-3-16-14(11-15)6-5-13(9-14)17-7-4-8-18-12(2)10-17/h12-13,16H,3-10H2,1-2H3. The van der Waals surface area contributed by atoms with Crippen molar-refractivity contribution >= 4 is 0 Å². The smallest absolute Gasteiger partial charge is 0.108 e. The molecule has 2 rings (SSSR count). The highest BCUT2D eigenvalue weighted by molar-refractivity contribution is 5.13. The van der Waals surface area contributed by atoms with Crippen LogP contribution < -0.4 is 5.32 Å². The third-order valence-electron chi connectivity index (χ3n) is 4.22. The van der Waals surface area contributed by atoms with E-state index in [1.165, 1.54) is 0 Å². The monoisotopic (exact) mass is 251 g/mol. The van der Waals surface area contributed by atoms with Crippen molar-refractivity contribution in [3.8, 4) is 6.07 Å². The predicted octanol–water partition coefficient (Wildman–Crippen LogP) is 1.52. The lowest BCUT2D eigenvalue weighted by Gasteiger charge is -2.30. The second-order valence-electron chi connectivity index (χ2n) is 5.65. The summed E-state index contributed by atoms with van der Waals surface area (Å²) in [5.74, 6) is 0. The molecule has 0 bridgehead atoms. The van der Waals surface area contributed by atoms with E-state index in [0.717, 1.165) is 51.9 Å². The van der Waals surface area contributed by atoms with Crippen molar-refractivity contribution in [3.63, 3.8) is 0 Å². The van der Waals surface area contributed by atoms with Gasteiger partial charge in [-0.1, -0.05) is 6.92 Å². The summed E-state index contributed by atoms with van der Waals surface area (Å²) < 4.78 is 5.70. The quantitative estimate of drug-likeness (QED) is 0.826. The first kappa shape index (κ1) is 13.8. The Labute approximate surface area is 110 Å². The molecule has 3 atom stereocenters. The molecule has 1 N–H and O–H groups in total. The summed E-state index contributed by atoms with van der Waals surface area (Å²) in [5.41, 5.74) is -0.282. The summed E-state index contributed by atoms with van der Waals surface area (Å²) in [4.78, 5) is 2.54. The highest BCUT2D eigenvalue weighted by atomic mass is 16.5. The van der Waals surface area contributed by atoms with E-state index in [0.29, 0.717) is 12.1 Å². The fraction of sp³-hybridized carbons (Fsp3) is 0.929. The molecule has 1 saturated heterocycles. The maximum atomic E-state index is 9.42. The zero-order valence-corrected chi connectivity index (χ0v) is 11.6. The third kappa shape index (κ3) is 3.03. The number of nitriles is 1. The fourth-order valence-corrected chi connectivity index (χ4v) is 3.33. The summed E-state index contributed by atoms with van der Waals surface area (Å²) in [5, 5.41) is 12.8. The average Bonchev–Trinajstić information content (AvgIpc) is 2.66. The molecule has 2 aliphatic rings. The van der Waals surface area contributed by atoms with Gasteiger partial charge in [0.2, 0.25) is 0 Å². The van der Waals surface area contributed by atoms with E-state index in [1.54, 1.807) is 0 Å². The van der Waals surface area contributed by atoms with Gasteiger partial charge in [-0.15, -0.1) is 0 Å². The largest absolute Gasteiger partial charge is 0.377 e. The maximum absolute atomic E-state index is 9.42. The first-order valence-electron chi connectivity index (χ1n) is 7.21. The maximum Gasteiger partial charge on any atom is 0.108 e. The van der Waals surface area contributed by atoms with Crippen LogP contribution >= 0.6 is 0 Å². The number of nitrogens with one attached hydrogen (secondary N) is 1. The van der Waals surface area contributed by atoms with E-state index in [9.17, 15) is 5.26 Å². The molecule has 4 heteroatoms. The van der Waals surface area contributed by atoms with Gasteiger partial charge in [-0.3, -0.25) is 10.2 Å². The lowest BCUT2D eigenvalue weighted by atomic mass is 9.99. The molecule has 1 saturated carbocycles. The Morgan fingerprint density at radius 1 is 1.56 bits per heavy atom. The number of hydrogen-bond acceptors (Lipinski definition) is 4. The first-order valence-corrected chi connectivity index (χ1v) is 7.21. The van der Waals surface area contributed by atoms with Crippen LogP contribution in [-0.2, 0) is 4.74 Å². The number of nitrogens with zero attached hydrogens (tertiary/aromatic N) is 2. The molecule has 4 nitrogen and oxygen atoms in total. The van der Waals surface area contributed by atoms with Gasteiger partial charge in [-0.05, 0) is 39.2 Å². The third-order valence-corrected chi connectivity index (χ3v) is 4.22. The van der Waals surface area contributed by atoms with Crippen LogP contribution in [0.4, 0.5) is 0 Å². The van der Waals surface area contributed by atoms with Crippen LogP contribution in [0.1, 0.15) is 39.5 Å². The van der Waals surface area contributed by atoms with Gasteiger partial charge in [-0.25, -0.2) is 0 Å². The van der Waals surface area contributed by atoms with Crippen molar-refractivity contribution in [1.29, 1.82) is 5.26 Å². The SMILES string of the molecule is CCNC1(C#N)CCC(N2CCCOC(C)C2)C1. The van der Waals surface area contributed by atoms with E-state index in [2.05, 4.69) is 30.1 Å². The van der Waals surface area contributed by atoms with Crippen molar-refractivity contribution in [2.45, 2.75) is 57.2 Å². The normalized spacial score (nSPS) is 38.3. The van der Waals surface area contributed by atoms with Crippen LogP contribution in [0, 0.1) is 11.3 Å². The van der Waals surface area contributed by atoms with Crippen LogP contribution in [0.3, 0.4) is 0 Å². The van der Waals surface area contributed by atoms with Crippen molar-refractivity contribution < 1.29 is 4.74 Å². The Morgan fingerprint density at radius 3 is 3.11 bits per heavy atom. The van der Waals surface area contributed by atoms with Crippen molar-refractivity contribution in [2.24, 2.45) is 0 Å². The Hall–Kier alpha value is -0.630. The van der Waals surface area contributed by atoms with E-state index < -0.39 is 0 Å². The molecule has 0 spiro atoms. The zero-order valence-electron chi connectivity index (χ0n) is 11.6. The van der Waals surface area contributed by atoms with Crippen molar-refractivity contribution in [2.75, 3.05) is 26.2 Å². The minimum atomic E-state index is -0.282. The predicted molar refractivity (Wildman–Crippen MR) is 71.3 cm³/mol. The molecule has 3 unspecified atom stereocenters. The molecule has 0 aromatic carbocycles. The summed E-state index contributed by atoms with van der Waals surface area (Å²) in [6.07, 6.45) is 4.51. The summed E-state index contributed by atoms with van der Waals surface area (Å²) in [6.45, 7) is 8.10. The second-order valence-corrected chi connectivity index (χ2v) is 5.65. The van der Waals surface area contributed by atoms with Crippen LogP contribution in [0.2, 0.25) is 0 Å². The lowest BCUT2D eigenvalue weighted by Crippen LogP contribution is -2.44. The molecule has 1 aliphatic carbocycles. The van der Waals surface area contributed by atoms with E-state index in [-0.39, 0.29) is 5.54 Å². The number of ether oxygens (including phenoxy) is 1. The summed E-state index contributed by atoms with van der Waals surface area (Å²) >= 11 is 0. The fourth-order valence-electron chi connectivity index (χ4n) is 3.33. The molecular formula is C14H25N3O. The van der Waals surface area contributed by atoms with E-state index in [4.69, 9.17) is 4.74 Å². The first-order chi connectivity index (χ1) is 8.69. The molecular weight excluding hydrogens is 226 g/mol. The van der Waals surface area contributed by atoms with Crippen LogP contribution in [0.25, 0.3) is 0 Å². The Bertz CT molecular complexity index is 315. The topological polar surface area (TPSA) is 48.3 Å². The van der Waals surface area contributed by atoms with Crippen LogP contribution in [0.15, 0.2) is 0 Å². The minimum absolute atomic E-state index is 0.282. The molecule has 2 fully saturated rings. The molecule has 0 aromatic heterocycles. The van der Waals surface area contributed by atoms with Crippen molar-refractivity contribution in [1.82, 2.24) is 10.2 Å². The number of rotatable bonds is 3. The molecule has 102 valence electrons. The van der Waals surface area contributed by atoms with Gasteiger partial charge < -0.3 is 4.74 Å². The van der Waals surface area contributed by atoms with Gasteiger partial charge in [0.1, 0.15) is 5.54 Å². The molecule has 1 aliphatic heterocycles. The van der Waals surface area contributed by atoms with Gasteiger partial charge in [0.25, 0.3) is 0 Å². The Balaban J connectivity index is 1.97. The molecule has 0 aromatic rings. The molecule has 18 heavy (non-hydrogen) atoms. The summed E-state index contributed by atoms with van der Waals surface area (Å²) in [6, 6.07) is 3.05. The highest BCUT2D eigenvalue weighted by Gasteiger charge is 2.41. The summed E-state index contributed by atoms with van der Waals surface area (Å²) in [7, 11) is 0. The van der Waals surface area contributed by atoms with Crippen molar-refractivity contribution in [3.05, 3.63) is 0 Å². The minimum Gasteiger partial charge on any atom is -0.377 e. The van der Waals surface area contributed by atoms with Gasteiger partial charge >= 0.3 is 0 Å². The van der Waals surface area contributed by atoms with Gasteiger partial charge in [0.05, 0.1) is 12.2 Å². The second kappa shape index (κ2) is 6.01. The molecule has 1 heterocycles. The van der Waals surface area contributed by atoms with Gasteiger partial charge in [0.15, 0.2) is 0 Å². The van der Waals surface area contributed by atoms with Gasteiger partial charge in [-0.2, -0.15) is 5.26 Å². The lowest BCUT2D eigenvalue weighted by molar-refractivity contribution is 0.0606.